The Morgan fingerprint density at radius 2 is 2.00 bits per heavy atom. The normalized spacial score (nSPS) is 49.6. The molecule has 3 rings (SSSR count). The third kappa shape index (κ3) is 1.73. The maximum absolute atomic E-state index is 3.73. The van der Waals surface area contributed by atoms with Crippen molar-refractivity contribution in [3.63, 3.8) is 0 Å². The summed E-state index contributed by atoms with van der Waals surface area (Å²) in [6.45, 7) is 6.30. The zero-order valence-corrected chi connectivity index (χ0v) is 10.3. The lowest BCUT2D eigenvalue weighted by Crippen LogP contribution is -2.30. The fraction of sp³-hybridized carbons (Fsp3) is 1.00. The monoisotopic (exact) mass is 207 g/mol. The van der Waals surface area contributed by atoms with Crippen LogP contribution >= 0.6 is 0 Å². The van der Waals surface area contributed by atoms with E-state index < -0.39 is 0 Å². The Morgan fingerprint density at radius 3 is 2.73 bits per heavy atom. The van der Waals surface area contributed by atoms with E-state index in [0.29, 0.717) is 0 Å². The van der Waals surface area contributed by atoms with Gasteiger partial charge in [-0.05, 0) is 55.4 Å². The molecule has 15 heavy (non-hydrogen) atoms. The van der Waals surface area contributed by atoms with Crippen molar-refractivity contribution in [1.29, 1.82) is 0 Å². The molecule has 0 bridgehead atoms. The first-order chi connectivity index (χ1) is 7.22. The first-order valence-corrected chi connectivity index (χ1v) is 6.96. The van der Waals surface area contributed by atoms with E-state index in [-0.39, 0.29) is 0 Å². The Kier molecular flexibility index (Phi) is 2.35. The Morgan fingerprint density at radius 1 is 1.20 bits per heavy atom. The summed E-state index contributed by atoms with van der Waals surface area (Å²) in [4.78, 5) is 0. The van der Waals surface area contributed by atoms with Gasteiger partial charge in [0.2, 0.25) is 0 Å². The van der Waals surface area contributed by atoms with Crippen LogP contribution in [0.5, 0.6) is 0 Å². The summed E-state index contributed by atoms with van der Waals surface area (Å²) >= 11 is 0. The van der Waals surface area contributed by atoms with Gasteiger partial charge in [-0.2, -0.15) is 0 Å². The van der Waals surface area contributed by atoms with E-state index in [0.717, 1.165) is 29.2 Å². The smallest absolute Gasteiger partial charge is 0.00683 e. The van der Waals surface area contributed by atoms with E-state index >= 15 is 0 Å². The van der Waals surface area contributed by atoms with Crippen molar-refractivity contribution in [3.05, 3.63) is 0 Å². The van der Waals surface area contributed by atoms with Gasteiger partial charge in [0, 0.05) is 6.04 Å². The number of hydrogen-bond acceptors (Lipinski definition) is 1. The summed E-state index contributed by atoms with van der Waals surface area (Å²) < 4.78 is 0. The average Bonchev–Trinajstić information content (AvgIpc) is 3.09. The van der Waals surface area contributed by atoms with Gasteiger partial charge in [0.25, 0.3) is 0 Å². The van der Waals surface area contributed by atoms with Crippen LogP contribution in [0.1, 0.15) is 52.4 Å². The molecule has 0 heterocycles. The Bertz CT molecular complexity index is 244. The summed E-state index contributed by atoms with van der Waals surface area (Å²) in [7, 11) is 0. The topological polar surface area (TPSA) is 12.0 Å². The maximum atomic E-state index is 3.73. The molecule has 3 aliphatic rings. The van der Waals surface area contributed by atoms with Gasteiger partial charge in [-0.15, -0.1) is 0 Å². The molecule has 3 saturated carbocycles. The van der Waals surface area contributed by atoms with Crippen molar-refractivity contribution < 1.29 is 0 Å². The van der Waals surface area contributed by atoms with Crippen molar-refractivity contribution in [2.75, 3.05) is 6.54 Å². The van der Waals surface area contributed by atoms with Crippen LogP contribution in [0.15, 0.2) is 0 Å². The second-order valence-electron chi connectivity index (χ2n) is 6.47. The predicted octanol–water partition coefficient (Wildman–Crippen LogP) is 3.20. The fourth-order valence-corrected chi connectivity index (χ4v) is 3.93. The molecule has 0 aromatic rings. The average molecular weight is 207 g/mol. The van der Waals surface area contributed by atoms with Gasteiger partial charge in [0.15, 0.2) is 0 Å². The highest BCUT2D eigenvalue weighted by molar-refractivity contribution is 5.08. The Labute approximate surface area is 94.0 Å². The largest absolute Gasteiger partial charge is 0.314 e. The van der Waals surface area contributed by atoms with Crippen LogP contribution in [-0.4, -0.2) is 12.6 Å². The van der Waals surface area contributed by atoms with Crippen molar-refractivity contribution in [2.45, 2.75) is 58.4 Å². The second-order valence-corrected chi connectivity index (χ2v) is 6.47. The van der Waals surface area contributed by atoms with E-state index in [1.807, 2.05) is 0 Å². The molecular weight excluding hydrogens is 182 g/mol. The van der Waals surface area contributed by atoms with Crippen molar-refractivity contribution in [1.82, 2.24) is 5.32 Å². The van der Waals surface area contributed by atoms with Crippen LogP contribution in [0, 0.1) is 23.2 Å². The van der Waals surface area contributed by atoms with Crippen LogP contribution in [0.4, 0.5) is 0 Å². The number of hydrogen-bond donors (Lipinski definition) is 1. The summed E-state index contributed by atoms with van der Waals surface area (Å²) in [6.07, 6.45) is 8.89. The molecule has 0 saturated heterocycles. The third-order valence-electron chi connectivity index (χ3n) is 5.57. The lowest BCUT2D eigenvalue weighted by atomic mass is 9.70. The second kappa shape index (κ2) is 3.48. The van der Waals surface area contributed by atoms with Gasteiger partial charge in [0.1, 0.15) is 0 Å². The zero-order chi connectivity index (χ0) is 10.5. The molecule has 0 radical (unpaired) electrons. The maximum Gasteiger partial charge on any atom is 0.00683 e. The standard InChI is InChI=1S/C14H25N/c1-10-4-3-7-14(11(10)2)8-12(14)9-15-13-5-6-13/h10-13,15H,3-9H2,1-2H3. The van der Waals surface area contributed by atoms with Crippen LogP contribution in [0.2, 0.25) is 0 Å². The molecule has 1 heteroatoms. The lowest BCUT2D eigenvalue weighted by Gasteiger charge is -2.35. The highest BCUT2D eigenvalue weighted by Crippen LogP contribution is 2.65. The summed E-state index contributed by atoms with van der Waals surface area (Å²) in [5.74, 6) is 2.98. The highest BCUT2D eigenvalue weighted by Gasteiger charge is 2.58. The Hall–Kier alpha value is -0.0400. The molecule has 0 aromatic carbocycles. The minimum atomic E-state index is 0.777. The number of rotatable bonds is 3. The quantitative estimate of drug-likeness (QED) is 0.749. The first kappa shape index (κ1) is 10.1. The molecule has 86 valence electrons. The zero-order valence-electron chi connectivity index (χ0n) is 10.3. The molecule has 0 amide bonds. The molecule has 0 aliphatic heterocycles. The first-order valence-electron chi connectivity index (χ1n) is 6.96. The van der Waals surface area contributed by atoms with Gasteiger partial charge in [0.05, 0.1) is 0 Å². The van der Waals surface area contributed by atoms with Crippen molar-refractivity contribution >= 4 is 0 Å². The van der Waals surface area contributed by atoms with Gasteiger partial charge < -0.3 is 5.32 Å². The minimum absolute atomic E-state index is 0.777. The molecule has 1 N–H and O–H groups in total. The van der Waals surface area contributed by atoms with E-state index in [1.165, 1.54) is 45.1 Å². The van der Waals surface area contributed by atoms with Crippen molar-refractivity contribution in [2.24, 2.45) is 23.2 Å². The lowest BCUT2D eigenvalue weighted by molar-refractivity contribution is 0.144. The van der Waals surface area contributed by atoms with Crippen LogP contribution < -0.4 is 5.32 Å². The van der Waals surface area contributed by atoms with Gasteiger partial charge in [-0.25, -0.2) is 0 Å². The van der Waals surface area contributed by atoms with Crippen molar-refractivity contribution in [3.8, 4) is 0 Å². The highest BCUT2D eigenvalue weighted by atomic mass is 15.0. The molecule has 3 fully saturated rings. The SMILES string of the molecule is CC1CCCC2(CC2CNC2CC2)C1C. The van der Waals surface area contributed by atoms with Crippen LogP contribution in [-0.2, 0) is 0 Å². The van der Waals surface area contributed by atoms with Gasteiger partial charge in [-0.3, -0.25) is 0 Å². The summed E-state index contributed by atoms with van der Waals surface area (Å²) in [5, 5.41) is 3.73. The molecular formula is C14H25N. The molecule has 4 unspecified atom stereocenters. The molecule has 1 nitrogen and oxygen atoms in total. The Balaban J connectivity index is 1.56. The van der Waals surface area contributed by atoms with Gasteiger partial charge in [-0.1, -0.05) is 26.7 Å². The van der Waals surface area contributed by atoms with E-state index in [4.69, 9.17) is 0 Å². The molecule has 1 spiro atoms. The molecule has 3 aliphatic carbocycles. The minimum Gasteiger partial charge on any atom is -0.314 e. The summed E-state index contributed by atoms with van der Waals surface area (Å²) in [6, 6.07) is 0.902. The summed E-state index contributed by atoms with van der Waals surface area (Å²) in [5.41, 5.74) is 0.777. The number of nitrogens with one attached hydrogen (secondary N) is 1. The van der Waals surface area contributed by atoms with E-state index in [9.17, 15) is 0 Å². The molecule has 4 atom stereocenters. The van der Waals surface area contributed by atoms with Gasteiger partial charge >= 0.3 is 0 Å². The van der Waals surface area contributed by atoms with E-state index in [2.05, 4.69) is 19.2 Å². The predicted molar refractivity (Wildman–Crippen MR) is 63.7 cm³/mol. The molecule has 0 aromatic heterocycles. The van der Waals surface area contributed by atoms with Crippen LogP contribution in [0.3, 0.4) is 0 Å². The third-order valence-corrected chi connectivity index (χ3v) is 5.57. The van der Waals surface area contributed by atoms with E-state index in [1.54, 1.807) is 0 Å². The van der Waals surface area contributed by atoms with Crippen LogP contribution in [0.25, 0.3) is 0 Å². The fourth-order valence-electron chi connectivity index (χ4n) is 3.93.